The molecule has 1 radical (unpaired) electrons. The summed E-state index contributed by atoms with van der Waals surface area (Å²) in [7, 11) is -3.63. The van der Waals surface area contributed by atoms with E-state index in [4.69, 9.17) is 0 Å². The zero-order chi connectivity index (χ0) is 16.3. The van der Waals surface area contributed by atoms with Gasteiger partial charge in [0.05, 0.1) is 11.1 Å². The van der Waals surface area contributed by atoms with Gasteiger partial charge < -0.3 is 0 Å². The quantitative estimate of drug-likeness (QED) is 0.529. The topological polar surface area (TPSA) is 58.5 Å². The standard InChI is InChI=1S/C17H20N2O2S.Na/c1-12-5-7-16(8-6-12)22(20,21)19-18-11-17-14(3)9-13(2)10-15(17)4;/h5-11,19H,1-4H3;. The molecule has 0 saturated carbocycles. The molecular formula is C17H20N2NaO2S. The van der Waals surface area contributed by atoms with Crippen LogP contribution in [-0.4, -0.2) is 44.2 Å². The molecule has 2 aromatic carbocycles. The molecule has 6 heteroatoms. The van der Waals surface area contributed by atoms with Crippen molar-refractivity contribution in [2.45, 2.75) is 32.6 Å². The number of hydrogen-bond acceptors (Lipinski definition) is 3. The van der Waals surface area contributed by atoms with Gasteiger partial charge in [0.2, 0.25) is 0 Å². The fourth-order valence-corrected chi connectivity index (χ4v) is 3.12. The summed E-state index contributed by atoms with van der Waals surface area (Å²) in [6.45, 7) is 7.90. The molecule has 23 heavy (non-hydrogen) atoms. The van der Waals surface area contributed by atoms with Gasteiger partial charge in [-0.05, 0) is 51.0 Å². The van der Waals surface area contributed by atoms with Crippen molar-refractivity contribution in [1.29, 1.82) is 0 Å². The predicted molar refractivity (Wildman–Crippen MR) is 95.5 cm³/mol. The Kier molecular flexibility index (Phi) is 7.02. The average molecular weight is 339 g/mol. The molecule has 0 bridgehead atoms. The molecular weight excluding hydrogens is 319 g/mol. The normalized spacial score (nSPS) is 11.3. The van der Waals surface area contributed by atoms with Gasteiger partial charge in [0.25, 0.3) is 10.0 Å². The van der Waals surface area contributed by atoms with E-state index in [9.17, 15) is 8.42 Å². The Balaban J connectivity index is 0.00000264. The summed E-state index contributed by atoms with van der Waals surface area (Å²) in [4.78, 5) is 2.46. The van der Waals surface area contributed by atoms with Crippen molar-refractivity contribution in [3.8, 4) is 0 Å². The maximum atomic E-state index is 12.1. The number of rotatable bonds is 4. The Morgan fingerprint density at radius 2 is 1.43 bits per heavy atom. The second-order valence-corrected chi connectivity index (χ2v) is 7.14. The number of nitrogens with zero attached hydrogens (tertiary/aromatic N) is 1. The first-order valence-electron chi connectivity index (χ1n) is 6.99. The van der Waals surface area contributed by atoms with Crippen LogP contribution in [0.3, 0.4) is 0 Å². The molecule has 4 nitrogen and oxygen atoms in total. The molecule has 0 aliphatic carbocycles. The van der Waals surface area contributed by atoms with E-state index in [1.165, 1.54) is 5.56 Å². The van der Waals surface area contributed by atoms with Crippen LogP contribution in [0.25, 0.3) is 0 Å². The average Bonchev–Trinajstić information content (AvgIpc) is 2.42. The van der Waals surface area contributed by atoms with Gasteiger partial charge in [-0.3, -0.25) is 0 Å². The minimum Gasteiger partial charge on any atom is -0.200 e. The third kappa shape index (κ3) is 5.18. The third-order valence-corrected chi connectivity index (χ3v) is 4.67. The Labute approximate surface area is 160 Å². The monoisotopic (exact) mass is 339 g/mol. The molecule has 0 saturated heterocycles. The Morgan fingerprint density at radius 1 is 0.913 bits per heavy atom. The summed E-state index contributed by atoms with van der Waals surface area (Å²) in [5.74, 6) is 0. The van der Waals surface area contributed by atoms with E-state index in [-0.39, 0.29) is 34.5 Å². The molecule has 0 atom stereocenters. The van der Waals surface area contributed by atoms with Gasteiger partial charge in [-0.2, -0.15) is 13.5 Å². The van der Waals surface area contributed by atoms with Gasteiger partial charge in [0.15, 0.2) is 0 Å². The Bertz CT molecular complexity index is 790. The van der Waals surface area contributed by atoms with Gasteiger partial charge in [0.1, 0.15) is 0 Å². The number of sulfonamides is 1. The molecule has 0 unspecified atom stereocenters. The van der Waals surface area contributed by atoms with Crippen molar-refractivity contribution in [2.75, 3.05) is 0 Å². The van der Waals surface area contributed by atoms with E-state index in [0.29, 0.717) is 0 Å². The van der Waals surface area contributed by atoms with Crippen LogP contribution >= 0.6 is 0 Å². The zero-order valence-corrected chi connectivity index (χ0v) is 17.0. The van der Waals surface area contributed by atoms with Crippen molar-refractivity contribution >= 4 is 45.8 Å². The van der Waals surface area contributed by atoms with Gasteiger partial charge in [-0.1, -0.05) is 35.4 Å². The van der Waals surface area contributed by atoms with Crippen molar-refractivity contribution < 1.29 is 8.42 Å². The van der Waals surface area contributed by atoms with E-state index >= 15 is 0 Å². The van der Waals surface area contributed by atoms with Crippen LogP contribution in [0.15, 0.2) is 46.4 Å². The first kappa shape index (κ1) is 19.9. The molecule has 0 aromatic heterocycles. The largest absolute Gasteiger partial charge is 0.276 e. The van der Waals surface area contributed by atoms with Crippen LogP contribution in [0.5, 0.6) is 0 Å². The van der Waals surface area contributed by atoms with E-state index in [0.717, 1.165) is 22.3 Å². The van der Waals surface area contributed by atoms with Crippen molar-refractivity contribution in [1.82, 2.24) is 4.83 Å². The predicted octanol–water partition coefficient (Wildman–Crippen LogP) is 2.85. The van der Waals surface area contributed by atoms with Gasteiger partial charge >= 0.3 is 0 Å². The van der Waals surface area contributed by atoms with Crippen LogP contribution in [-0.2, 0) is 10.0 Å². The molecule has 117 valence electrons. The molecule has 0 aliphatic heterocycles. The molecule has 2 aromatic rings. The Morgan fingerprint density at radius 3 is 1.96 bits per heavy atom. The molecule has 0 fully saturated rings. The van der Waals surface area contributed by atoms with Crippen LogP contribution in [0.4, 0.5) is 0 Å². The zero-order valence-electron chi connectivity index (χ0n) is 14.2. The summed E-state index contributed by atoms with van der Waals surface area (Å²) >= 11 is 0. The number of hydrogen-bond donors (Lipinski definition) is 1. The second kappa shape index (κ2) is 8.11. The molecule has 0 amide bonds. The summed E-state index contributed by atoms with van der Waals surface area (Å²) in [5.41, 5.74) is 5.24. The fraction of sp³-hybridized carbons (Fsp3) is 0.235. The Hall–Kier alpha value is -1.14. The molecule has 0 aliphatic rings. The maximum absolute atomic E-state index is 12.1. The smallest absolute Gasteiger partial charge is 0.200 e. The SMILES string of the molecule is Cc1ccc(S(=O)(=O)NN=Cc2c(C)cc(C)cc2C)cc1.[Na]. The summed E-state index contributed by atoms with van der Waals surface area (Å²) in [5, 5.41) is 3.90. The number of benzene rings is 2. The third-order valence-electron chi connectivity index (χ3n) is 3.44. The number of aryl methyl sites for hydroxylation is 4. The number of hydrazone groups is 1. The van der Waals surface area contributed by atoms with Crippen LogP contribution in [0, 0.1) is 27.7 Å². The summed E-state index contributed by atoms with van der Waals surface area (Å²) in [6.07, 6.45) is 1.55. The molecule has 1 N–H and O–H groups in total. The van der Waals surface area contributed by atoms with Crippen molar-refractivity contribution in [2.24, 2.45) is 5.10 Å². The van der Waals surface area contributed by atoms with Gasteiger partial charge in [0, 0.05) is 35.1 Å². The molecule has 0 spiro atoms. The van der Waals surface area contributed by atoms with Crippen molar-refractivity contribution in [3.05, 3.63) is 64.2 Å². The van der Waals surface area contributed by atoms with Gasteiger partial charge in [-0.15, -0.1) is 0 Å². The van der Waals surface area contributed by atoms with Gasteiger partial charge in [-0.25, -0.2) is 4.83 Å². The summed E-state index contributed by atoms with van der Waals surface area (Å²) in [6, 6.07) is 10.7. The van der Waals surface area contributed by atoms with E-state index in [1.54, 1.807) is 30.5 Å². The second-order valence-electron chi connectivity index (χ2n) is 5.48. The van der Waals surface area contributed by atoms with Crippen LogP contribution in [0.2, 0.25) is 0 Å². The maximum Gasteiger partial charge on any atom is 0.276 e. The minimum atomic E-state index is -3.63. The van der Waals surface area contributed by atoms with E-state index in [1.807, 2.05) is 39.8 Å². The van der Waals surface area contributed by atoms with Crippen LogP contribution < -0.4 is 4.83 Å². The van der Waals surface area contributed by atoms with E-state index in [2.05, 4.69) is 9.93 Å². The first-order chi connectivity index (χ1) is 10.3. The minimum absolute atomic E-state index is 0. The first-order valence-corrected chi connectivity index (χ1v) is 8.47. The molecule has 0 heterocycles. The van der Waals surface area contributed by atoms with E-state index < -0.39 is 10.0 Å². The number of nitrogens with one attached hydrogen (secondary N) is 1. The summed E-state index contributed by atoms with van der Waals surface area (Å²) < 4.78 is 24.3. The van der Waals surface area contributed by atoms with Crippen LogP contribution in [0.1, 0.15) is 27.8 Å². The fourth-order valence-electron chi connectivity index (χ4n) is 2.33. The molecule has 2 rings (SSSR count). The van der Waals surface area contributed by atoms with Crippen molar-refractivity contribution in [3.63, 3.8) is 0 Å².